The predicted molar refractivity (Wildman–Crippen MR) is 93.1 cm³/mol. The van der Waals surface area contributed by atoms with Crippen molar-refractivity contribution in [2.75, 3.05) is 11.9 Å². The van der Waals surface area contributed by atoms with E-state index in [2.05, 4.69) is 15.9 Å². The monoisotopic (exact) mass is 400 g/mol. The molecule has 20 heavy (non-hydrogen) atoms. The van der Waals surface area contributed by atoms with E-state index in [1.54, 1.807) is 12.1 Å². The molecule has 0 amide bonds. The molecule has 114 valence electrons. The Morgan fingerprint density at radius 2 is 1.30 bits per heavy atom. The quantitative estimate of drug-likeness (QED) is 0.229. The number of ether oxygens (including phenoxy) is 1. The minimum absolute atomic E-state index is 0.451. The van der Waals surface area contributed by atoms with Crippen molar-refractivity contribution >= 4 is 50.7 Å². The predicted octanol–water partition coefficient (Wildman–Crippen LogP) is 7.15. The van der Waals surface area contributed by atoms with Gasteiger partial charge in [0.2, 0.25) is 0 Å². The highest BCUT2D eigenvalue weighted by molar-refractivity contribution is 9.09. The van der Waals surface area contributed by atoms with Crippen LogP contribution in [-0.4, -0.2) is 11.9 Å². The Balaban J connectivity index is 2.11. The second kappa shape index (κ2) is 11.0. The van der Waals surface area contributed by atoms with E-state index >= 15 is 0 Å². The van der Waals surface area contributed by atoms with Gasteiger partial charge in [-0.1, -0.05) is 82.8 Å². The van der Waals surface area contributed by atoms with Gasteiger partial charge in [0.05, 0.1) is 21.7 Å². The van der Waals surface area contributed by atoms with Gasteiger partial charge in [-0.25, -0.2) is 0 Å². The summed E-state index contributed by atoms with van der Waals surface area (Å²) in [6.45, 7) is 0.666. The van der Waals surface area contributed by atoms with Crippen LogP contribution < -0.4 is 4.74 Å². The van der Waals surface area contributed by atoms with Crippen LogP contribution in [0.15, 0.2) is 12.1 Å². The smallest absolute Gasteiger partial charge is 0.139 e. The molecular weight excluding hydrogens is 382 g/mol. The van der Waals surface area contributed by atoms with Gasteiger partial charge in [0.15, 0.2) is 0 Å². The van der Waals surface area contributed by atoms with E-state index < -0.39 is 0 Å². The third kappa shape index (κ3) is 7.40. The van der Waals surface area contributed by atoms with Crippen molar-refractivity contribution in [3.05, 3.63) is 27.2 Å². The van der Waals surface area contributed by atoms with Gasteiger partial charge in [-0.15, -0.1) is 0 Å². The van der Waals surface area contributed by atoms with E-state index in [0.29, 0.717) is 27.4 Å². The van der Waals surface area contributed by atoms with E-state index in [4.69, 9.17) is 39.5 Å². The minimum Gasteiger partial charge on any atom is -0.492 e. The molecular formula is C15H20BrCl3O. The lowest BCUT2D eigenvalue weighted by Gasteiger charge is -2.09. The number of rotatable bonds is 10. The molecule has 0 heterocycles. The van der Waals surface area contributed by atoms with E-state index in [1.807, 2.05) is 0 Å². The molecule has 0 N–H and O–H groups in total. The first-order valence-corrected chi connectivity index (χ1v) is 9.24. The Labute approximate surface area is 145 Å². The Morgan fingerprint density at radius 3 is 1.95 bits per heavy atom. The van der Waals surface area contributed by atoms with Gasteiger partial charge in [-0.3, -0.25) is 0 Å². The molecule has 1 nitrogen and oxygen atoms in total. The summed E-state index contributed by atoms with van der Waals surface area (Å²) in [6.07, 6.45) is 8.72. The number of halogens is 4. The maximum absolute atomic E-state index is 6.04. The highest BCUT2D eigenvalue weighted by Gasteiger charge is 2.06. The molecule has 0 aliphatic rings. The van der Waals surface area contributed by atoms with Gasteiger partial charge >= 0.3 is 0 Å². The van der Waals surface area contributed by atoms with Crippen LogP contribution in [0.2, 0.25) is 15.1 Å². The Morgan fingerprint density at radius 1 is 0.750 bits per heavy atom. The van der Waals surface area contributed by atoms with Crippen LogP contribution in [0, 0.1) is 0 Å². The summed E-state index contributed by atoms with van der Waals surface area (Å²) in [5.74, 6) is 0.610. The molecule has 0 fully saturated rings. The fraction of sp³-hybridized carbons (Fsp3) is 0.600. The van der Waals surface area contributed by atoms with Gasteiger partial charge in [0.1, 0.15) is 5.75 Å². The number of hydrogen-bond acceptors (Lipinski definition) is 1. The number of alkyl halides is 1. The van der Waals surface area contributed by atoms with Crippen molar-refractivity contribution in [3.63, 3.8) is 0 Å². The molecule has 1 aromatic rings. The molecule has 1 aromatic carbocycles. The third-order valence-corrected chi connectivity index (χ3v) is 4.59. The second-order valence-corrected chi connectivity index (χ2v) is 6.72. The topological polar surface area (TPSA) is 9.23 Å². The van der Waals surface area contributed by atoms with Crippen molar-refractivity contribution in [1.29, 1.82) is 0 Å². The molecule has 0 saturated heterocycles. The van der Waals surface area contributed by atoms with Gasteiger partial charge in [0.25, 0.3) is 0 Å². The number of benzene rings is 1. The lowest BCUT2D eigenvalue weighted by Crippen LogP contribution is -1.98. The van der Waals surface area contributed by atoms with Crippen molar-refractivity contribution < 1.29 is 4.74 Å². The Kier molecular flexibility index (Phi) is 10.1. The van der Waals surface area contributed by atoms with Crippen LogP contribution in [0.1, 0.15) is 44.9 Å². The lowest BCUT2D eigenvalue weighted by molar-refractivity contribution is 0.304. The highest BCUT2D eigenvalue weighted by Crippen LogP contribution is 2.33. The zero-order valence-electron chi connectivity index (χ0n) is 11.4. The summed E-state index contributed by atoms with van der Waals surface area (Å²) in [7, 11) is 0. The fourth-order valence-corrected chi connectivity index (χ4v) is 2.87. The molecule has 0 bridgehead atoms. The molecule has 0 saturated carbocycles. The van der Waals surface area contributed by atoms with E-state index in [0.717, 1.165) is 11.8 Å². The molecule has 1 rings (SSSR count). The van der Waals surface area contributed by atoms with Gasteiger partial charge in [-0.05, 0) is 18.9 Å². The number of unbranched alkanes of at least 4 members (excludes halogenated alkanes) is 6. The summed E-state index contributed by atoms with van der Waals surface area (Å²) in [6, 6.07) is 3.29. The summed E-state index contributed by atoms with van der Waals surface area (Å²) in [4.78, 5) is 0. The lowest BCUT2D eigenvalue weighted by atomic mass is 10.1. The average Bonchev–Trinajstić information content (AvgIpc) is 2.42. The molecule has 0 spiro atoms. The van der Waals surface area contributed by atoms with Crippen LogP contribution >= 0.6 is 50.7 Å². The van der Waals surface area contributed by atoms with Crippen LogP contribution in [0.4, 0.5) is 0 Å². The summed E-state index contributed by atoms with van der Waals surface area (Å²) in [5.41, 5.74) is 0. The van der Waals surface area contributed by atoms with Crippen molar-refractivity contribution in [1.82, 2.24) is 0 Å². The van der Waals surface area contributed by atoms with Crippen LogP contribution in [0.25, 0.3) is 0 Å². The van der Waals surface area contributed by atoms with Gasteiger partial charge < -0.3 is 4.74 Å². The van der Waals surface area contributed by atoms with Crippen LogP contribution in [0.5, 0.6) is 5.75 Å². The van der Waals surface area contributed by atoms with Crippen molar-refractivity contribution in [3.8, 4) is 5.75 Å². The molecule has 0 aromatic heterocycles. The maximum Gasteiger partial charge on any atom is 0.139 e. The molecule has 0 radical (unpaired) electrons. The Hall–Kier alpha value is 0.370. The normalized spacial score (nSPS) is 10.8. The summed E-state index contributed by atoms with van der Waals surface area (Å²) < 4.78 is 5.64. The molecule has 0 unspecified atom stereocenters. The fourth-order valence-electron chi connectivity index (χ4n) is 1.88. The van der Waals surface area contributed by atoms with Gasteiger partial charge in [-0.2, -0.15) is 0 Å². The first-order chi connectivity index (χ1) is 9.65. The first-order valence-electron chi connectivity index (χ1n) is 6.98. The zero-order chi connectivity index (χ0) is 14.8. The van der Waals surface area contributed by atoms with Crippen molar-refractivity contribution in [2.45, 2.75) is 44.9 Å². The Bertz CT molecular complexity index is 399. The highest BCUT2D eigenvalue weighted by atomic mass is 79.9. The molecule has 0 aliphatic carbocycles. The zero-order valence-corrected chi connectivity index (χ0v) is 15.3. The molecule has 0 atom stereocenters. The first kappa shape index (κ1) is 18.4. The second-order valence-electron chi connectivity index (χ2n) is 4.71. The minimum atomic E-state index is 0.451. The largest absolute Gasteiger partial charge is 0.492 e. The van der Waals surface area contributed by atoms with E-state index in [9.17, 15) is 0 Å². The molecule has 5 heteroatoms. The van der Waals surface area contributed by atoms with Gasteiger partial charge in [0, 0.05) is 11.4 Å². The average molecular weight is 403 g/mol. The molecule has 0 aliphatic heterocycles. The van der Waals surface area contributed by atoms with Crippen LogP contribution in [0.3, 0.4) is 0 Å². The number of hydrogen-bond donors (Lipinski definition) is 0. The third-order valence-electron chi connectivity index (χ3n) is 3.01. The van der Waals surface area contributed by atoms with E-state index in [1.165, 1.54) is 38.5 Å². The van der Waals surface area contributed by atoms with Crippen LogP contribution in [-0.2, 0) is 0 Å². The SMILES string of the molecule is Clc1cc(Cl)c(OCCCCCCCCCBr)cc1Cl. The summed E-state index contributed by atoms with van der Waals surface area (Å²) in [5, 5.41) is 2.55. The standard InChI is InChI=1S/C15H20BrCl3O/c16-8-6-4-2-1-3-5-7-9-20-15-11-13(18)12(17)10-14(15)19/h10-11H,1-9H2. The maximum atomic E-state index is 6.04. The summed E-state index contributed by atoms with van der Waals surface area (Å²) >= 11 is 21.3. The van der Waals surface area contributed by atoms with E-state index in [-0.39, 0.29) is 0 Å². The van der Waals surface area contributed by atoms with Crippen molar-refractivity contribution in [2.24, 2.45) is 0 Å².